The molecule has 3 N–H and O–H groups in total. The van der Waals surface area contributed by atoms with Gasteiger partial charge in [-0.1, -0.05) is 414 Å². The lowest BCUT2D eigenvalue weighted by atomic mass is 10.1. The molecule has 117 heavy (non-hydrogen) atoms. The van der Waals surface area contributed by atoms with Crippen LogP contribution in [0.2, 0.25) is 0 Å². The van der Waals surface area contributed by atoms with Crippen LogP contribution in [-0.2, 0) is 38.1 Å². The number of aliphatic hydroxyl groups is 1. The van der Waals surface area contributed by atoms with E-state index in [2.05, 4.69) is 73.9 Å². The monoisotopic (exact) mass is 1660 g/mol. The Morgan fingerprint density at radius 3 is 0.675 bits per heavy atom. The molecular formula is C103H207N5O9. The van der Waals surface area contributed by atoms with Crippen LogP contribution in [0, 0.1) is 0 Å². The molecule has 0 aliphatic heterocycles. The molecule has 698 valence electrons. The highest BCUT2D eigenvalue weighted by atomic mass is 16.5. The second-order valence-electron chi connectivity index (χ2n) is 35.9. The van der Waals surface area contributed by atoms with Crippen molar-refractivity contribution in [2.24, 2.45) is 0 Å². The minimum Gasteiger partial charge on any atom is -0.466 e. The molecule has 0 amide bonds. The highest BCUT2D eigenvalue weighted by Gasteiger charge is 2.18. The second-order valence-corrected chi connectivity index (χ2v) is 35.9. The Morgan fingerprint density at radius 2 is 0.402 bits per heavy atom. The van der Waals surface area contributed by atoms with Gasteiger partial charge in [0.05, 0.1) is 32.5 Å². The summed E-state index contributed by atoms with van der Waals surface area (Å²) in [6.45, 7) is 26.4. The molecule has 0 aromatic rings. The van der Waals surface area contributed by atoms with Crippen molar-refractivity contribution in [2.75, 3.05) is 112 Å². The van der Waals surface area contributed by atoms with E-state index in [1.54, 1.807) is 0 Å². The van der Waals surface area contributed by atoms with E-state index >= 15 is 0 Å². The van der Waals surface area contributed by atoms with Crippen molar-refractivity contribution in [2.45, 2.75) is 529 Å². The molecule has 14 nitrogen and oxygen atoms in total. The number of rotatable bonds is 99. The zero-order valence-corrected chi connectivity index (χ0v) is 80.0. The first kappa shape index (κ1) is 117. The topological polar surface area (TPSA) is 159 Å². The summed E-state index contributed by atoms with van der Waals surface area (Å²) in [6.07, 6.45) is 91.8. The number of carbonyl (C=O) groups excluding carboxylic acids is 4. The Bertz CT molecular complexity index is 1890. The van der Waals surface area contributed by atoms with E-state index in [0.29, 0.717) is 91.1 Å². The van der Waals surface area contributed by atoms with Gasteiger partial charge in [0.1, 0.15) is 0 Å². The predicted molar refractivity (Wildman–Crippen MR) is 506 cm³/mol. The van der Waals surface area contributed by atoms with Crippen LogP contribution in [0.4, 0.5) is 0 Å². The molecule has 0 aliphatic rings. The Labute approximate surface area is 729 Å². The third-order valence-electron chi connectivity index (χ3n) is 23.9. The van der Waals surface area contributed by atoms with E-state index in [1.165, 1.54) is 379 Å². The zero-order valence-electron chi connectivity index (χ0n) is 80.0. The molecule has 0 rings (SSSR count). The summed E-state index contributed by atoms with van der Waals surface area (Å²) < 4.78 is 22.1. The number of hydrogen-bond acceptors (Lipinski definition) is 14. The summed E-state index contributed by atoms with van der Waals surface area (Å²) in [5, 5.41) is 18.9. The van der Waals surface area contributed by atoms with Gasteiger partial charge in [-0.25, -0.2) is 0 Å². The fourth-order valence-electron chi connectivity index (χ4n) is 16.1. The normalized spacial score (nSPS) is 11.9. The predicted octanol–water partition coefficient (Wildman–Crippen LogP) is 28.6. The van der Waals surface area contributed by atoms with E-state index in [4.69, 9.17) is 18.9 Å². The summed E-state index contributed by atoms with van der Waals surface area (Å²) in [7, 11) is 2.11. The van der Waals surface area contributed by atoms with Gasteiger partial charge in [-0.2, -0.15) is 0 Å². The number of aliphatic hydroxyl groups excluding tert-OH is 1. The first-order valence-corrected chi connectivity index (χ1v) is 52.4. The summed E-state index contributed by atoms with van der Waals surface area (Å²) in [5.74, 6) is -0.337. The molecule has 0 aromatic carbocycles. The van der Waals surface area contributed by atoms with Gasteiger partial charge >= 0.3 is 23.9 Å². The van der Waals surface area contributed by atoms with Gasteiger partial charge in [-0.05, 0) is 156 Å². The molecule has 0 heterocycles. The van der Waals surface area contributed by atoms with Crippen LogP contribution in [0.3, 0.4) is 0 Å². The van der Waals surface area contributed by atoms with Gasteiger partial charge in [0.25, 0.3) is 0 Å². The molecule has 0 fully saturated rings. The average molecular weight is 1660 g/mol. The minimum atomic E-state index is -0.488. The molecule has 1 atom stereocenters. The second kappa shape index (κ2) is 102. The van der Waals surface area contributed by atoms with Crippen LogP contribution in [0.1, 0.15) is 523 Å². The molecule has 0 spiro atoms. The maximum atomic E-state index is 12.8. The van der Waals surface area contributed by atoms with Crippen molar-refractivity contribution in [3.05, 3.63) is 0 Å². The summed E-state index contributed by atoms with van der Waals surface area (Å²) >= 11 is 0. The average Bonchev–Trinajstić information content (AvgIpc) is 0.929. The van der Waals surface area contributed by atoms with Crippen molar-refractivity contribution >= 4 is 23.9 Å². The van der Waals surface area contributed by atoms with E-state index in [0.717, 1.165) is 117 Å². The Morgan fingerprint density at radius 1 is 0.222 bits per heavy atom. The standard InChI is InChI=1S/C67H135N3O5.C36H72N2O4/c1-5-9-13-17-21-25-29-31-33-37-41-45-55-68-56-46-48-58-69(57-47-42-38-34-32-30-26-22-18-14-10-6-2)63-65(71)64-70(59-51-53-66(72)74-61-49-43-39-35-27-23-19-15-11-7-3)60-52-54-67(73)75-62-50-44-40-36-28-24-20-16-12-8-4;1-4-6-8-10-12-14-16-18-20-22-33-41-35(39)27-24-29-37-30-26-32-38(3)31-25-28-36(40)42-34-23-21-19-17-15-13-11-9-7-5-2/h65,68,71H,5-64H2,1-4H3;37H,4-34H2,1-3H3. The van der Waals surface area contributed by atoms with Crippen LogP contribution >= 0.6 is 0 Å². The lowest BCUT2D eigenvalue weighted by molar-refractivity contribution is -0.145. The van der Waals surface area contributed by atoms with Gasteiger partial charge in [0.2, 0.25) is 0 Å². The fourth-order valence-corrected chi connectivity index (χ4v) is 16.1. The van der Waals surface area contributed by atoms with E-state index in [9.17, 15) is 24.3 Å². The number of nitrogens with zero attached hydrogens (tertiary/aromatic N) is 3. The molecule has 1 unspecified atom stereocenters. The van der Waals surface area contributed by atoms with Gasteiger partial charge in [-0.3, -0.25) is 19.2 Å². The Balaban J connectivity index is 0. The van der Waals surface area contributed by atoms with E-state index in [1.807, 2.05) is 0 Å². The van der Waals surface area contributed by atoms with Crippen LogP contribution in [-0.4, -0.2) is 162 Å². The Hall–Kier alpha value is -2.36. The molecule has 0 aromatic heterocycles. The number of nitrogens with one attached hydrogen (secondary N) is 2. The number of ether oxygens (including phenoxy) is 4. The van der Waals surface area contributed by atoms with Gasteiger partial charge in [0, 0.05) is 38.8 Å². The van der Waals surface area contributed by atoms with Gasteiger partial charge < -0.3 is 49.4 Å². The lowest BCUT2D eigenvalue weighted by Crippen LogP contribution is -2.42. The number of carbonyl (C=O) groups is 4. The fraction of sp³-hybridized carbons (Fsp3) is 0.961. The van der Waals surface area contributed by atoms with Crippen molar-refractivity contribution < 1.29 is 43.2 Å². The molecule has 0 bridgehead atoms. The van der Waals surface area contributed by atoms with Crippen molar-refractivity contribution in [3.8, 4) is 0 Å². The number of unbranched alkanes of at least 4 members (excludes halogenated alkanes) is 59. The minimum absolute atomic E-state index is 0.0528. The first-order chi connectivity index (χ1) is 57.6. The molecular weight excluding hydrogens is 1450 g/mol. The van der Waals surface area contributed by atoms with E-state index < -0.39 is 6.10 Å². The molecule has 0 aliphatic carbocycles. The van der Waals surface area contributed by atoms with Crippen LogP contribution in [0.15, 0.2) is 0 Å². The smallest absolute Gasteiger partial charge is 0.305 e. The highest BCUT2D eigenvalue weighted by Crippen LogP contribution is 2.19. The maximum absolute atomic E-state index is 12.8. The van der Waals surface area contributed by atoms with Crippen LogP contribution in [0.25, 0.3) is 0 Å². The molecule has 14 heteroatoms. The van der Waals surface area contributed by atoms with Crippen molar-refractivity contribution in [3.63, 3.8) is 0 Å². The third-order valence-corrected chi connectivity index (χ3v) is 23.9. The highest BCUT2D eigenvalue weighted by molar-refractivity contribution is 5.70. The summed E-state index contributed by atoms with van der Waals surface area (Å²) in [5.41, 5.74) is 0. The van der Waals surface area contributed by atoms with Crippen molar-refractivity contribution in [1.82, 2.24) is 25.3 Å². The number of hydrogen-bond donors (Lipinski definition) is 3. The van der Waals surface area contributed by atoms with Crippen LogP contribution in [0.5, 0.6) is 0 Å². The SMILES string of the molecule is CCCCCCCCCCCCCCNCCCCN(CCCCCCCCCCCCCC)CC(O)CN(CCCC(=O)OCCCCCCCCCCCC)CCCC(=O)OCCCCCCCCCCCC.CCCCCCCCCCCCOC(=O)CCCNCCCN(C)CCCC(=O)OCCCCCCCCCCCC. The molecule has 0 saturated carbocycles. The van der Waals surface area contributed by atoms with E-state index in [-0.39, 0.29) is 23.9 Å². The number of esters is 4. The molecule has 0 saturated heterocycles. The third kappa shape index (κ3) is 101. The molecule has 0 radical (unpaired) electrons. The zero-order chi connectivity index (χ0) is 85.2. The summed E-state index contributed by atoms with van der Waals surface area (Å²) in [6, 6.07) is 0. The van der Waals surface area contributed by atoms with Gasteiger partial charge in [-0.15, -0.1) is 0 Å². The quantitative estimate of drug-likeness (QED) is 0.0300. The van der Waals surface area contributed by atoms with Gasteiger partial charge in [0.15, 0.2) is 0 Å². The van der Waals surface area contributed by atoms with Crippen LogP contribution < -0.4 is 10.6 Å². The Kier molecular flexibility index (Phi) is 102. The lowest BCUT2D eigenvalue weighted by Gasteiger charge is -2.29. The largest absolute Gasteiger partial charge is 0.466 e. The first-order valence-electron chi connectivity index (χ1n) is 52.4. The maximum Gasteiger partial charge on any atom is 0.305 e. The summed E-state index contributed by atoms with van der Waals surface area (Å²) in [4.78, 5) is 56.5. The van der Waals surface area contributed by atoms with Crippen molar-refractivity contribution in [1.29, 1.82) is 0 Å².